The highest BCUT2D eigenvalue weighted by Gasteiger charge is 2.35. The molecule has 0 bridgehead atoms. The Balaban J connectivity index is 1.06. The summed E-state index contributed by atoms with van der Waals surface area (Å²) in [6.45, 7) is 6.82. The predicted octanol–water partition coefficient (Wildman–Crippen LogP) is 2.32. The van der Waals surface area contributed by atoms with E-state index in [0.717, 1.165) is 9.80 Å². The van der Waals surface area contributed by atoms with E-state index in [-0.39, 0.29) is 63.3 Å². The molecular formula is C32H36N2O10. The minimum absolute atomic E-state index is 0.00787. The lowest BCUT2D eigenvalue weighted by molar-refractivity contribution is -0.122. The third-order valence-electron chi connectivity index (χ3n) is 7.29. The molecule has 0 fully saturated rings. The molecule has 4 rings (SSSR count). The van der Waals surface area contributed by atoms with Crippen molar-refractivity contribution in [2.45, 2.75) is 39.9 Å². The topological polar surface area (TPSA) is 152 Å². The van der Waals surface area contributed by atoms with E-state index in [1.54, 1.807) is 76.2 Å². The van der Waals surface area contributed by atoms with E-state index in [0.29, 0.717) is 45.2 Å². The molecule has 2 aromatic rings. The van der Waals surface area contributed by atoms with Crippen molar-refractivity contribution >= 4 is 35.0 Å². The van der Waals surface area contributed by atoms with Gasteiger partial charge in [-0.15, -0.1) is 0 Å². The van der Waals surface area contributed by atoms with Gasteiger partial charge in [0.05, 0.1) is 37.8 Å². The van der Waals surface area contributed by atoms with Crippen LogP contribution in [0.15, 0.2) is 70.8 Å². The Hall–Kier alpha value is -4.36. The third-order valence-corrected chi connectivity index (χ3v) is 7.29. The molecule has 0 saturated heterocycles. The zero-order valence-electron chi connectivity index (χ0n) is 25.1. The number of carbonyl (C=O) groups is 4. The maximum atomic E-state index is 12.3. The van der Waals surface area contributed by atoms with E-state index < -0.39 is 12.2 Å². The van der Waals surface area contributed by atoms with Crippen molar-refractivity contribution in [3.63, 3.8) is 0 Å². The minimum Gasteiger partial charge on any atom is -0.491 e. The van der Waals surface area contributed by atoms with Gasteiger partial charge in [-0.05, 0) is 76.2 Å². The lowest BCUT2D eigenvalue weighted by Gasteiger charge is -2.17. The second-order valence-corrected chi connectivity index (χ2v) is 10.5. The SMILES string of the molecule is CC1=C(C)C(=O)N(c2ccc(OCC(O)COCCOCC(O)COc3ccc(N4C(=O)C(C)=C(C)C4=O)cc3)cc2)C1=O. The summed E-state index contributed by atoms with van der Waals surface area (Å²) in [7, 11) is 0. The molecule has 2 heterocycles. The molecule has 2 unspecified atom stereocenters. The van der Waals surface area contributed by atoms with Crippen LogP contribution in [0.3, 0.4) is 0 Å². The van der Waals surface area contributed by atoms with Gasteiger partial charge in [-0.1, -0.05) is 0 Å². The molecular weight excluding hydrogens is 572 g/mol. The van der Waals surface area contributed by atoms with Crippen LogP contribution in [0, 0.1) is 0 Å². The number of ether oxygens (including phenoxy) is 4. The summed E-state index contributed by atoms with van der Waals surface area (Å²) < 4.78 is 21.9. The van der Waals surface area contributed by atoms with Gasteiger partial charge in [0.15, 0.2) is 0 Å². The first kappa shape index (κ1) is 32.6. The molecule has 12 heteroatoms. The Bertz CT molecular complexity index is 1300. The lowest BCUT2D eigenvalue weighted by atomic mass is 10.2. The molecule has 0 spiro atoms. The predicted molar refractivity (Wildman–Crippen MR) is 159 cm³/mol. The molecule has 234 valence electrons. The van der Waals surface area contributed by atoms with E-state index in [1.807, 2.05) is 0 Å². The molecule has 0 saturated carbocycles. The van der Waals surface area contributed by atoms with Gasteiger partial charge >= 0.3 is 0 Å². The standard InChI is InChI=1S/C32H36N2O10/c1-19-20(2)30(38)33(29(19)37)23-5-9-27(10-6-23)43-17-25(35)15-41-13-14-42-16-26(36)18-44-28-11-7-24(8-12-28)34-31(39)21(3)22(4)32(34)40/h5-12,25-26,35-36H,13-18H2,1-4H3. The number of aliphatic hydroxyl groups excluding tert-OH is 2. The summed E-state index contributed by atoms with van der Waals surface area (Å²) >= 11 is 0. The van der Waals surface area contributed by atoms with E-state index in [1.165, 1.54) is 0 Å². The zero-order chi connectivity index (χ0) is 32.0. The van der Waals surface area contributed by atoms with Crippen molar-refractivity contribution in [1.82, 2.24) is 0 Å². The van der Waals surface area contributed by atoms with Gasteiger partial charge in [0.25, 0.3) is 23.6 Å². The van der Waals surface area contributed by atoms with Crippen molar-refractivity contribution in [2.75, 3.05) is 49.4 Å². The molecule has 2 aliphatic rings. The lowest BCUT2D eigenvalue weighted by Crippen LogP contribution is -2.31. The molecule has 4 amide bonds. The number of nitrogens with zero attached hydrogens (tertiary/aromatic N) is 2. The fourth-order valence-electron chi connectivity index (χ4n) is 4.39. The molecule has 2 aliphatic heterocycles. The van der Waals surface area contributed by atoms with Gasteiger partial charge in [-0.3, -0.25) is 19.2 Å². The molecule has 44 heavy (non-hydrogen) atoms. The highest BCUT2D eigenvalue weighted by Crippen LogP contribution is 2.29. The Kier molecular flexibility index (Phi) is 10.7. The number of hydrogen-bond donors (Lipinski definition) is 2. The second-order valence-electron chi connectivity index (χ2n) is 10.5. The summed E-state index contributed by atoms with van der Waals surface area (Å²) in [5.41, 5.74) is 2.58. The van der Waals surface area contributed by atoms with Crippen LogP contribution < -0.4 is 19.3 Å². The summed E-state index contributed by atoms with van der Waals surface area (Å²) in [6.07, 6.45) is -1.80. The van der Waals surface area contributed by atoms with Crippen LogP contribution in [0.2, 0.25) is 0 Å². The maximum absolute atomic E-state index is 12.3. The number of imide groups is 2. The molecule has 12 nitrogen and oxygen atoms in total. The first-order valence-corrected chi connectivity index (χ1v) is 14.1. The number of benzene rings is 2. The van der Waals surface area contributed by atoms with Crippen molar-refractivity contribution < 1.29 is 48.3 Å². The fraction of sp³-hybridized carbons (Fsp3) is 0.375. The van der Waals surface area contributed by atoms with Crippen molar-refractivity contribution in [1.29, 1.82) is 0 Å². The molecule has 2 N–H and O–H groups in total. The largest absolute Gasteiger partial charge is 0.491 e. The number of anilines is 2. The fourth-order valence-corrected chi connectivity index (χ4v) is 4.39. The van der Waals surface area contributed by atoms with E-state index in [4.69, 9.17) is 18.9 Å². The Morgan fingerprint density at radius 2 is 0.818 bits per heavy atom. The third kappa shape index (κ3) is 7.40. The zero-order valence-corrected chi connectivity index (χ0v) is 25.1. The van der Waals surface area contributed by atoms with Gasteiger partial charge in [0, 0.05) is 22.3 Å². The van der Waals surface area contributed by atoms with Crippen LogP contribution in [0.4, 0.5) is 11.4 Å². The molecule has 0 aromatic heterocycles. The van der Waals surface area contributed by atoms with Gasteiger partial charge in [-0.2, -0.15) is 0 Å². The van der Waals surface area contributed by atoms with E-state index >= 15 is 0 Å². The van der Waals surface area contributed by atoms with Gasteiger partial charge < -0.3 is 29.2 Å². The highest BCUT2D eigenvalue weighted by molar-refractivity contribution is 6.33. The first-order valence-electron chi connectivity index (χ1n) is 14.1. The summed E-state index contributed by atoms with van der Waals surface area (Å²) in [5, 5.41) is 20.3. The molecule has 2 atom stereocenters. The van der Waals surface area contributed by atoms with Crippen LogP contribution in [0.5, 0.6) is 11.5 Å². The Labute approximate surface area is 255 Å². The molecule has 0 radical (unpaired) electrons. The van der Waals surface area contributed by atoms with Crippen molar-refractivity contribution in [3.05, 3.63) is 70.8 Å². The first-order chi connectivity index (χ1) is 21.0. The van der Waals surface area contributed by atoms with Crippen molar-refractivity contribution in [2.24, 2.45) is 0 Å². The minimum atomic E-state index is -0.901. The van der Waals surface area contributed by atoms with Crippen LogP contribution in [-0.2, 0) is 28.7 Å². The molecule has 2 aromatic carbocycles. The van der Waals surface area contributed by atoms with Crippen molar-refractivity contribution in [3.8, 4) is 11.5 Å². The Morgan fingerprint density at radius 1 is 0.523 bits per heavy atom. The average molecular weight is 609 g/mol. The Morgan fingerprint density at radius 3 is 1.11 bits per heavy atom. The van der Waals surface area contributed by atoms with E-state index in [2.05, 4.69) is 0 Å². The summed E-state index contributed by atoms with van der Waals surface area (Å²) in [4.78, 5) is 51.5. The number of rotatable bonds is 15. The van der Waals surface area contributed by atoms with Crippen LogP contribution in [-0.4, -0.2) is 85.7 Å². The maximum Gasteiger partial charge on any atom is 0.261 e. The van der Waals surface area contributed by atoms with Crippen LogP contribution in [0.1, 0.15) is 27.7 Å². The summed E-state index contributed by atoms with van der Waals surface area (Å²) in [5.74, 6) is -0.454. The van der Waals surface area contributed by atoms with Gasteiger partial charge in [-0.25, -0.2) is 9.80 Å². The quantitative estimate of drug-likeness (QED) is 0.228. The highest BCUT2D eigenvalue weighted by atomic mass is 16.5. The number of hydrogen-bond acceptors (Lipinski definition) is 10. The normalized spacial score (nSPS) is 16.9. The average Bonchev–Trinajstić information content (AvgIpc) is 3.34. The molecule has 0 aliphatic carbocycles. The summed E-state index contributed by atoms with van der Waals surface area (Å²) in [6, 6.07) is 12.9. The number of amides is 4. The smallest absolute Gasteiger partial charge is 0.261 e. The monoisotopic (exact) mass is 608 g/mol. The number of carbonyl (C=O) groups excluding carboxylic acids is 4. The van der Waals surface area contributed by atoms with Crippen LogP contribution >= 0.6 is 0 Å². The van der Waals surface area contributed by atoms with Crippen LogP contribution in [0.25, 0.3) is 0 Å². The van der Waals surface area contributed by atoms with Gasteiger partial charge in [0.1, 0.15) is 36.9 Å². The second kappa shape index (κ2) is 14.4. The van der Waals surface area contributed by atoms with Gasteiger partial charge in [0.2, 0.25) is 0 Å². The number of aliphatic hydroxyl groups is 2. The van der Waals surface area contributed by atoms with E-state index in [9.17, 15) is 29.4 Å².